The molecule has 1 unspecified atom stereocenters. The predicted molar refractivity (Wildman–Crippen MR) is 89.4 cm³/mol. The summed E-state index contributed by atoms with van der Waals surface area (Å²) in [5.41, 5.74) is 1.27. The number of hydrogen-bond acceptors (Lipinski definition) is 3. The highest BCUT2D eigenvalue weighted by Crippen LogP contribution is 2.29. The summed E-state index contributed by atoms with van der Waals surface area (Å²) in [4.78, 5) is 14.2. The molecular weight excluding hydrogens is 276 g/mol. The zero-order valence-electron chi connectivity index (χ0n) is 14.0. The van der Waals surface area contributed by atoms with Crippen LogP contribution in [0.2, 0.25) is 0 Å². The Balaban J connectivity index is 2.00. The molecule has 4 nitrogen and oxygen atoms in total. The van der Waals surface area contributed by atoms with Gasteiger partial charge in [0.1, 0.15) is 5.75 Å². The lowest BCUT2D eigenvalue weighted by Crippen LogP contribution is -2.35. The molecule has 1 aromatic carbocycles. The second-order valence-corrected chi connectivity index (χ2v) is 6.40. The van der Waals surface area contributed by atoms with Crippen LogP contribution in [-0.2, 0) is 0 Å². The van der Waals surface area contributed by atoms with Crippen LogP contribution in [0.4, 0.5) is 4.79 Å². The van der Waals surface area contributed by atoms with E-state index in [0.29, 0.717) is 11.7 Å². The molecule has 0 spiro atoms. The van der Waals surface area contributed by atoms with Crippen LogP contribution in [0.15, 0.2) is 24.3 Å². The van der Waals surface area contributed by atoms with Gasteiger partial charge in [-0.25, -0.2) is 4.79 Å². The largest absolute Gasteiger partial charge is 0.412 e. The molecule has 1 heterocycles. The predicted octanol–water partition coefficient (Wildman–Crippen LogP) is 3.77. The highest BCUT2D eigenvalue weighted by atomic mass is 16.6. The van der Waals surface area contributed by atoms with Crippen LogP contribution >= 0.6 is 0 Å². The fourth-order valence-electron chi connectivity index (χ4n) is 3.05. The minimum atomic E-state index is -0.386. The summed E-state index contributed by atoms with van der Waals surface area (Å²) in [6.45, 7) is 9.55. The maximum absolute atomic E-state index is 11.7. The third kappa shape index (κ3) is 5.02. The first kappa shape index (κ1) is 16.8. The summed E-state index contributed by atoms with van der Waals surface area (Å²) in [5, 5.41) is 2.74. The fraction of sp³-hybridized carbons (Fsp3) is 0.611. The number of ether oxygens (including phenoxy) is 1. The summed E-state index contributed by atoms with van der Waals surface area (Å²) in [5.74, 6) is 1.17. The lowest BCUT2D eigenvalue weighted by molar-refractivity contribution is 0.197. The van der Waals surface area contributed by atoms with E-state index in [2.05, 4.69) is 23.2 Å². The third-order valence-electron chi connectivity index (χ3n) is 3.99. The first-order valence-corrected chi connectivity index (χ1v) is 8.39. The van der Waals surface area contributed by atoms with Gasteiger partial charge >= 0.3 is 6.09 Å². The standard InChI is InChI=1S/C18H28N2O2/c1-4-10-20-11-6-8-16(13-20)15-7-5-9-17(12-15)22-18(21)19-14(2)3/h5,7,9,12,14,16H,4,6,8,10-11,13H2,1-3H3,(H,19,21). The van der Waals surface area contributed by atoms with Crippen molar-refractivity contribution < 1.29 is 9.53 Å². The molecule has 1 atom stereocenters. The van der Waals surface area contributed by atoms with Crippen molar-refractivity contribution in [2.45, 2.75) is 52.0 Å². The van der Waals surface area contributed by atoms with Crippen molar-refractivity contribution in [3.8, 4) is 5.75 Å². The zero-order valence-corrected chi connectivity index (χ0v) is 14.0. The molecule has 0 saturated carbocycles. The Morgan fingerprint density at radius 2 is 2.27 bits per heavy atom. The smallest absolute Gasteiger partial charge is 0.410 e. The van der Waals surface area contributed by atoms with E-state index >= 15 is 0 Å². The molecule has 1 aromatic rings. The molecule has 4 heteroatoms. The van der Waals surface area contributed by atoms with Crippen LogP contribution in [0, 0.1) is 0 Å². The molecule has 2 rings (SSSR count). The first-order valence-electron chi connectivity index (χ1n) is 8.39. The molecule has 22 heavy (non-hydrogen) atoms. The Bertz CT molecular complexity index is 486. The average molecular weight is 304 g/mol. The van der Waals surface area contributed by atoms with Crippen molar-refractivity contribution in [1.82, 2.24) is 10.2 Å². The lowest BCUT2D eigenvalue weighted by atomic mass is 9.90. The molecule has 1 aliphatic rings. The zero-order chi connectivity index (χ0) is 15.9. The summed E-state index contributed by atoms with van der Waals surface area (Å²) in [6, 6.07) is 8.06. The van der Waals surface area contributed by atoms with Gasteiger partial charge in [-0.2, -0.15) is 0 Å². The van der Waals surface area contributed by atoms with Gasteiger partial charge in [0.15, 0.2) is 0 Å². The minimum absolute atomic E-state index is 0.0802. The Morgan fingerprint density at radius 3 is 3.00 bits per heavy atom. The van der Waals surface area contributed by atoms with Crippen molar-refractivity contribution in [3.63, 3.8) is 0 Å². The van der Waals surface area contributed by atoms with Crippen molar-refractivity contribution in [1.29, 1.82) is 0 Å². The number of piperidine rings is 1. The molecule has 1 saturated heterocycles. The first-order chi connectivity index (χ1) is 10.6. The Kier molecular flexibility index (Phi) is 6.25. The van der Waals surface area contributed by atoms with E-state index in [4.69, 9.17) is 4.74 Å². The van der Waals surface area contributed by atoms with E-state index in [1.54, 1.807) is 0 Å². The van der Waals surface area contributed by atoms with Crippen molar-refractivity contribution >= 4 is 6.09 Å². The normalized spacial score (nSPS) is 19.2. The maximum atomic E-state index is 11.7. The summed E-state index contributed by atoms with van der Waals surface area (Å²) in [6.07, 6.45) is 3.26. The van der Waals surface area contributed by atoms with E-state index in [-0.39, 0.29) is 12.1 Å². The molecule has 1 fully saturated rings. The number of likely N-dealkylation sites (tertiary alicyclic amines) is 1. The van der Waals surface area contributed by atoms with Gasteiger partial charge in [0.2, 0.25) is 0 Å². The van der Waals surface area contributed by atoms with Crippen molar-refractivity contribution in [2.75, 3.05) is 19.6 Å². The minimum Gasteiger partial charge on any atom is -0.410 e. The highest BCUT2D eigenvalue weighted by Gasteiger charge is 2.21. The molecule has 1 N–H and O–H groups in total. The number of hydrogen-bond donors (Lipinski definition) is 1. The number of benzene rings is 1. The number of nitrogens with one attached hydrogen (secondary N) is 1. The average Bonchev–Trinajstić information content (AvgIpc) is 2.47. The molecule has 122 valence electrons. The van der Waals surface area contributed by atoms with Gasteiger partial charge in [-0.3, -0.25) is 0 Å². The molecule has 0 radical (unpaired) electrons. The molecule has 1 amide bonds. The summed E-state index contributed by atoms with van der Waals surface area (Å²) in [7, 11) is 0. The van der Waals surface area contributed by atoms with Crippen LogP contribution in [0.3, 0.4) is 0 Å². The topological polar surface area (TPSA) is 41.6 Å². The number of carbonyl (C=O) groups excluding carboxylic acids is 1. The Labute approximate surface area is 133 Å². The van der Waals surface area contributed by atoms with Crippen LogP contribution in [-0.4, -0.2) is 36.7 Å². The number of amides is 1. The second-order valence-electron chi connectivity index (χ2n) is 6.40. The summed E-state index contributed by atoms with van der Waals surface area (Å²) >= 11 is 0. The van der Waals surface area contributed by atoms with E-state index in [1.807, 2.05) is 32.0 Å². The van der Waals surface area contributed by atoms with Crippen LogP contribution in [0.5, 0.6) is 5.75 Å². The van der Waals surface area contributed by atoms with Gasteiger partial charge in [0.05, 0.1) is 0 Å². The maximum Gasteiger partial charge on any atom is 0.412 e. The van der Waals surface area contributed by atoms with E-state index < -0.39 is 0 Å². The molecule has 0 aliphatic carbocycles. The Hall–Kier alpha value is -1.55. The monoisotopic (exact) mass is 304 g/mol. The van der Waals surface area contributed by atoms with Crippen LogP contribution in [0.1, 0.15) is 51.5 Å². The van der Waals surface area contributed by atoms with Crippen LogP contribution < -0.4 is 10.1 Å². The van der Waals surface area contributed by atoms with Gasteiger partial charge in [0, 0.05) is 12.6 Å². The molecule has 0 aromatic heterocycles. The molecule has 1 aliphatic heterocycles. The highest BCUT2D eigenvalue weighted by molar-refractivity contribution is 5.70. The molecule has 0 bridgehead atoms. The molecular formula is C18H28N2O2. The quantitative estimate of drug-likeness (QED) is 0.900. The van der Waals surface area contributed by atoms with Crippen molar-refractivity contribution in [3.05, 3.63) is 29.8 Å². The van der Waals surface area contributed by atoms with Gasteiger partial charge < -0.3 is 15.0 Å². The lowest BCUT2D eigenvalue weighted by Gasteiger charge is -2.32. The van der Waals surface area contributed by atoms with E-state index in [0.717, 1.165) is 6.54 Å². The fourth-order valence-corrected chi connectivity index (χ4v) is 3.05. The number of rotatable bonds is 5. The number of carbonyl (C=O) groups is 1. The van der Waals surface area contributed by atoms with Gasteiger partial charge in [-0.1, -0.05) is 19.1 Å². The Morgan fingerprint density at radius 1 is 1.45 bits per heavy atom. The SMILES string of the molecule is CCCN1CCCC(c2cccc(OC(=O)NC(C)C)c2)C1. The van der Waals surface area contributed by atoms with Crippen molar-refractivity contribution in [2.24, 2.45) is 0 Å². The van der Waals surface area contributed by atoms with Gasteiger partial charge in [0.25, 0.3) is 0 Å². The third-order valence-corrected chi connectivity index (χ3v) is 3.99. The van der Waals surface area contributed by atoms with Gasteiger partial charge in [-0.15, -0.1) is 0 Å². The van der Waals surface area contributed by atoms with Crippen LogP contribution in [0.25, 0.3) is 0 Å². The van der Waals surface area contributed by atoms with E-state index in [1.165, 1.54) is 37.9 Å². The van der Waals surface area contributed by atoms with E-state index in [9.17, 15) is 4.79 Å². The number of nitrogens with zero attached hydrogens (tertiary/aromatic N) is 1. The van der Waals surface area contributed by atoms with Gasteiger partial charge in [-0.05, 0) is 69.8 Å². The second kappa shape index (κ2) is 8.18. The summed E-state index contributed by atoms with van der Waals surface area (Å²) < 4.78 is 5.37.